The lowest BCUT2D eigenvalue weighted by atomic mass is 10.1. The van der Waals surface area contributed by atoms with Gasteiger partial charge in [-0.3, -0.25) is 10.1 Å². The van der Waals surface area contributed by atoms with E-state index in [4.69, 9.17) is 11.6 Å². The Bertz CT molecular complexity index is 697. The third-order valence-electron chi connectivity index (χ3n) is 2.96. The van der Waals surface area contributed by atoms with Gasteiger partial charge in [-0.2, -0.15) is 0 Å². The first-order valence-electron chi connectivity index (χ1n) is 6.04. The Morgan fingerprint density at radius 2 is 2.05 bits per heavy atom. The van der Waals surface area contributed by atoms with E-state index in [1.807, 2.05) is 0 Å². The molecule has 0 aliphatic heterocycles. The van der Waals surface area contributed by atoms with Gasteiger partial charge in [0.05, 0.1) is 11.0 Å². The summed E-state index contributed by atoms with van der Waals surface area (Å²) in [5, 5.41) is 13.8. The molecule has 0 amide bonds. The fourth-order valence-electron chi connectivity index (χ4n) is 1.93. The average molecular weight is 374 g/mol. The zero-order valence-corrected chi connectivity index (χ0v) is 13.3. The number of hydrogen-bond donors (Lipinski definition) is 1. The number of rotatable bonds is 4. The van der Waals surface area contributed by atoms with Crippen LogP contribution in [0, 0.1) is 15.9 Å². The second-order valence-corrected chi connectivity index (χ2v) is 5.78. The molecule has 2 rings (SSSR count). The molecule has 21 heavy (non-hydrogen) atoms. The van der Waals surface area contributed by atoms with Gasteiger partial charge in [0, 0.05) is 21.8 Å². The minimum absolute atomic E-state index is 0.0356. The van der Waals surface area contributed by atoms with Crippen LogP contribution in [-0.2, 0) is 0 Å². The van der Waals surface area contributed by atoms with Crippen LogP contribution in [0.15, 0.2) is 40.9 Å². The van der Waals surface area contributed by atoms with Gasteiger partial charge in [-0.25, -0.2) is 4.39 Å². The quantitative estimate of drug-likeness (QED) is 0.582. The molecule has 0 saturated heterocycles. The van der Waals surface area contributed by atoms with Gasteiger partial charge in [-0.1, -0.05) is 33.6 Å². The van der Waals surface area contributed by atoms with Gasteiger partial charge in [-0.15, -0.1) is 0 Å². The van der Waals surface area contributed by atoms with Crippen molar-refractivity contribution < 1.29 is 9.31 Å². The highest BCUT2D eigenvalue weighted by Crippen LogP contribution is 2.30. The molecule has 1 N–H and O–H groups in total. The second-order valence-electron chi connectivity index (χ2n) is 4.46. The first kappa shape index (κ1) is 15.7. The van der Waals surface area contributed by atoms with Crippen LogP contribution < -0.4 is 5.32 Å². The summed E-state index contributed by atoms with van der Waals surface area (Å²) >= 11 is 9.05. The van der Waals surface area contributed by atoms with Crippen LogP contribution in [0.5, 0.6) is 0 Å². The summed E-state index contributed by atoms with van der Waals surface area (Å²) in [6.45, 7) is 1.79. The first-order chi connectivity index (χ1) is 9.88. The largest absolute Gasteiger partial charge is 0.378 e. The van der Waals surface area contributed by atoms with E-state index in [0.717, 1.165) is 0 Å². The molecule has 0 spiro atoms. The van der Waals surface area contributed by atoms with Gasteiger partial charge < -0.3 is 5.32 Å². The van der Waals surface area contributed by atoms with E-state index in [0.29, 0.717) is 15.7 Å². The van der Waals surface area contributed by atoms with Gasteiger partial charge in [0.25, 0.3) is 5.69 Å². The number of nitro benzene ring substituents is 1. The number of nitrogens with one attached hydrogen (secondary N) is 1. The van der Waals surface area contributed by atoms with Crippen LogP contribution in [0.4, 0.5) is 15.8 Å². The lowest BCUT2D eigenvalue weighted by Gasteiger charge is -2.16. The van der Waals surface area contributed by atoms with Crippen molar-refractivity contribution in [2.24, 2.45) is 0 Å². The zero-order chi connectivity index (χ0) is 15.6. The summed E-state index contributed by atoms with van der Waals surface area (Å²) in [5.41, 5.74) is 0.915. The smallest absolute Gasteiger partial charge is 0.288 e. The maximum Gasteiger partial charge on any atom is 0.288 e. The van der Waals surface area contributed by atoms with E-state index in [-0.39, 0.29) is 22.6 Å². The minimum atomic E-state index is -0.552. The molecule has 1 atom stereocenters. The van der Waals surface area contributed by atoms with E-state index in [9.17, 15) is 14.5 Å². The van der Waals surface area contributed by atoms with Crippen molar-refractivity contribution in [1.29, 1.82) is 0 Å². The zero-order valence-electron chi connectivity index (χ0n) is 10.9. The van der Waals surface area contributed by atoms with E-state index in [2.05, 4.69) is 21.2 Å². The summed E-state index contributed by atoms with van der Waals surface area (Å²) in [5.74, 6) is -0.336. The summed E-state index contributed by atoms with van der Waals surface area (Å²) in [6, 6.07) is 8.80. The molecule has 0 aromatic heterocycles. The van der Waals surface area contributed by atoms with Gasteiger partial charge in [0.1, 0.15) is 10.8 Å². The normalized spacial score (nSPS) is 12.0. The molecule has 1 unspecified atom stereocenters. The molecule has 0 aliphatic rings. The van der Waals surface area contributed by atoms with Crippen molar-refractivity contribution in [3.8, 4) is 0 Å². The van der Waals surface area contributed by atoms with E-state index in [1.165, 1.54) is 24.3 Å². The minimum Gasteiger partial charge on any atom is -0.378 e. The van der Waals surface area contributed by atoms with Gasteiger partial charge in [0.15, 0.2) is 0 Å². The number of halogens is 3. The van der Waals surface area contributed by atoms with Gasteiger partial charge in [-0.05, 0) is 31.2 Å². The molecule has 0 bridgehead atoms. The predicted octanol–water partition coefficient (Wildman–Crippen LogP) is 5.32. The average Bonchev–Trinajstić information content (AvgIpc) is 2.37. The third-order valence-corrected chi connectivity index (χ3v) is 3.75. The molecule has 0 heterocycles. The van der Waals surface area contributed by atoms with Crippen LogP contribution in [0.25, 0.3) is 0 Å². The van der Waals surface area contributed by atoms with Crippen LogP contribution >= 0.6 is 27.5 Å². The Morgan fingerprint density at radius 3 is 2.62 bits per heavy atom. The highest BCUT2D eigenvalue weighted by atomic mass is 79.9. The molecule has 0 radical (unpaired) electrons. The van der Waals surface area contributed by atoms with Crippen LogP contribution in [0.2, 0.25) is 5.02 Å². The SMILES string of the molecule is CC(Nc1ccc([N+](=O)[O-])c(Cl)c1)c1ccc(Br)cc1F. The molecule has 110 valence electrons. The Kier molecular flexibility index (Phi) is 4.80. The molecule has 0 aliphatic carbocycles. The molecular formula is C14H11BrClFN2O2. The Balaban J connectivity index is 2.21. The summed E-state index contributed by atoms with van der Waals surface area (Å²) in [6.07, 6.45) is 0. The highest BCUT2D eigenvalue weighted by Gasteiger charge is 2.15. The molecule has 0 saturated carbocycles. The Hall–Kier alpha value is -1.66. The van der Waals surface area contributed by atoms with Crippen molar-refractivity contribution >= 4 is 38.9 Å². The van der Waals surface area contributed by atoms with Crippen molar-refractivity contribution in [3.05, 3.63) is 67.4 Å². The lowest BCUT2D eigenvalue weighted by Crippen LogP contribution is -2.08. The maximum absolute atomic E-state index is 13.9. The monoisotopic (exact) mass is 372 g/mol. The Labute approximate surface area is 134 Å². The predicted molar refractivity (Wildman–Crippen MR) is 84.2 cm³/mol. The summed E-state index contributed by atoms with van der Waals surface area (Å²) in [7, 11) is 0. The number of anilines is 1. The van der Waals surface area contributed by atoms with Crippen molar-refractivity contribution in [1.82, 2.24) is 0 Å². The maximum atomic E-state index is 13.9. The van der Waals surface area contributed by atoms with E-state index < -0.39 is 4.92 Å². The van der Waals surface area contributed by atoms with Crippen LogP contribution in [0.1, 0.15) is 18.5 Å². The topological polar surface area (TPSA) is 55.2 Å². The fourth-order valence-corrected chi connectivity index (χ4v) is 2.51. The number of hydrogen-bond acceptors (Lipinski definition) is 3. The summed E-state index contributed by atoms with van der Waals surface area (Å²) < 4.78 is 14.5. The van der Waals surface area contributed by atoms with E-state index >= 15 is 0 Å². The van der Waals surface area contributed by atoms with Crippen molar-refractivity contribution in [3.63, 3.8) is 0 Å². The number of benzene rings is 2. The second kappa shape index (κ2) is 6.41. The molecule has 2 aromatic carbocycles. The molecular weight excluding hydrogens is 363 g/mol. The summed E-state index contributed by atoms with van der Waals surface area (Å²) in [4.78, 5) is 10.1. The number of nitrogens with zero attached hydrogens (tertiary/aromatic N) is 1. The first-order valence-corrected chi connectivity index (χ1v) is 7.21. The van der Waals surface area contributed by atoms with E-state index in [1.54, 1.807) is 19.1 Å². The van der Waals surface area contributed by atoms with Crippen molar-refractivity contribution in [2.75, 3.05) is 5.32 Å². The molecule has 0 fully saturated rings. The van der Waals surface area contributed by atoms with Crippen molar-refractivity contribution in [2.45, 2.75) is 13.0 Å². The fraction of sp³-hybridized carbons (Fsp3) is 0.143. The van der Waals surface area contributed by atoms with Gasteiger partial charge in [0.2, 0.25) is 0 Å². The van der Waals surface area contributed by atoms with Gasteiger partial charge >= 0.3 is 0 Å². The highest BCUT2D eigenvalue weighted by molar-refractivity contribution is 9.10. The standard InChI is InChI=1S/C14H11BrClFN2O2/c1-8(11-4-2-9(15)6-13(11)17)18-10-3-5-14(19(20)21)12(16)7-10/h2-8,18H,1H3. The molecule has 7 heteroatoms. The Morgan fingerprint density at radius 1 is 1.33 bits per heavy atom. The van der Waals surface area contributed by atoms with Crippen LogP contribution in [-0.4, -0.2) is 4.92 Å². The molecule has 2 aromatic rings. The lowest BCUT2D eigenvalue weighted by molar-refractivity contribution is -0.384. The molecule has 4 nitrogen and oxygen atoms in total. The third kappa shape index (κ3) is 3.71. The van der Waals surface area contributed by atoms with Crippen LogP contribution in [0.3, 0.4) is 0 Å². The number of nitro groups is 1.